The Kier molecular flexibility index (Phi) is 4.73. The van der Waals surface area contributed by atoms with Gasteiger partial charge in [0, 0.05) is 20.5 Å². The van der Waals surface area contributed by atoms with Gasteiger partial charge in [0.25, 0.3) is 0 Å². The van der Waals surface area contributed by atoms with Gasteiger partial charge in [0.15, 0.2) is 0 Å². The Bertz CT molecular complexity index is 646. The van der Waals surface area contributed by atoms with E-state index in [1.807, 2.05) is 6.92 Å². The van der Waals surface area contributed by atoms with Gasteiger partial charge in [-0.1, -0.05) is 20.8 Å². The third-order valence-electron chi connectivity index (χ3n) is 3.17. The Balaban J connectivity index is 2.24. The first kappa shape index (κ1) is 16.4. The van der Waals surface area contributed by atoms with E-state index in [1.165, 1.54) is 17.0 Å². The lowest BCUT2D eigenvalue weighted by Crippen LogP contribution is -2.10. The molecule has 0 fully saturated rings. The molecule has 0 amide bonds. The van der Waals surface area contributed by atoms with E-state index < -0.39 is 0 Å². The van der Waals surface area contributed by atoms with Gasteiger partial charge in [-0.3, -0.25) is 0 Å². The van der Waals surface area contributed by atoms with Crippen LogP contribution in [0.5, 0.6) is 0 Å². The highest BCUT2D eigenvalue weighted by Gasteiger charge is 2.22. The van der Waals surface area contributed by atoms with Gasteiger partial charge < -0.3 is 5.32 Å². The molecule has 0 aliphatic carbocycles. The van der Waals surface area contributed by atoms with Crippen LogP contribution in [0.15, 0.2) is 22.7 Å². The van der Waals surface area contributed by atoms with Crippen LogP contribution in [-0.4, -0.2) is 4.98 Å². The molecule has 1 N–H and O–H groups in total. The van der Waals surface area contributed by atoms with Crippen LogP contribution in [0.4, 0.5) is 10.1 Å². The minimum absolute atomic E-state index is 0.0594. The summed E-state index contributed by atoms with van der Waals surface area (Å²) in [4.78, 5) is 5.91. The molecule has 1 heterocycles. The van der Waals surface area contributed by atoms with Crippen molar-refractivity contribution in [3.8, 4) is 0 Å². The molecule has 0 radical (unpaired) electrons. The van der Waals surface area contributed by atoms with Crippen LogP contribution in [0, 0.1) is 12.7 Å². The van der Waals surface area contributed by atoms with Crippen LogP contribution in [0.25, 0.3) is 0 Å². The van der Waals surface area contributed by atoms with Gasteiger partial charge in [0.1, 0.15) is 5.82 Å². The summed E-state index contributed by atoms with van der Waals surface area (Å²) in [6.45, 7) is 10.7. The molecule has 1 atom stereocenters. The fourth-order valence-electron chi connectivity index (χ4n) is 2.04. The quantitative estimate of drug-likeness (QED) is 0.735. The van der Waals surface area contributed by atoms with E-state index in [2.05, 4.69) is 53.9 Å². The first-order valence-electron chi connectivity index (χ1n) is 6.88. The molecule has 0 aliphatic rings. The van der Waals surface area contributed by atoms with Gasteiger partial charge in [-0.05, 0) is 48.0 Å². The number of halogens is 2. The van der Waals surface area contributed by atoms with E-state index in [9.17, 15) is 4.39 Å². The van der Waals surface area contributed by atoms with Crippen LogP contribution in [0.1, 0.15) is 49.3 Å². The first-order valence-corrected chi connectivity index (χ1v) is 8.49. The summed E-state index contributed by atoms with van der Waals surface area (Å²) in [5, 5.41) is 4.56. The van der Waals surface area contributed by atoms with Crippen molar-refractivity contribution in [2.24, 2.45) is 0 Å². The second kappa shape index (κ2) is 6.05. The van der Waals surface area contributed by atoms with Crippen LogP contribution < -0.4 is 5.32 Å². The number of nitrogens with one attached hydrogen (secondary N) is 1. The summed E-state index contributed by atoms with van der Waals surface area (Å²) in [5.74, 6) is -0.246. The average Bonchev–Trinajstić information content (AvgIpc) is 2.75. The van der Waals surface area contributed by atoms with Crippen LogP contribution in [0.2, 0.25) is 0 Å². The van der Waals surface area contributed by atoms with Gasteiger partial charge in [0.05, 0.1) is 16.7 Å². The number of nitrogens with zero attached hydrogens (tertiary/aromatic N) is 1. The number of aromatic nitrogens is 1. The highest BCUT2D eigenvalue weighted by molar-refractivity contribution is 9.10. The van der Waals surface area contributed by atoms with Crippen LogP contribution >= 0.6 is 27.3 Å². The van der Waals surface area contributed by atoms with E-state index in [1.54, 1.807) is 17.4 Å². The zero-order valence-electron chi connectivity index (χ0n) is 12.9. The van der Waals surface area contributed by atoms with Crippen molar-refractivity contribution in [1.29, 1.82) is 0 Å². The van der Waals surface area contributed by atoms with Crippen molar-refractivity contribution in [1.82, 2.24) is 4.98 Å². The topological polar surface area (TPSA) is 24.9 Å². The molecule has 0 saturated heterocycles. The second-order valence-electron chi connectivity index (χ2n) is 6.21. The smallest absolute Gasteiger partial charge is 0.124 e. The molecular weight excluding hydrogens is 351 g/mol. The Morgan fingerprint density at radius 2 is 2.00 bits per heavy atom. The Labute approximate surface area is 137 Å². The molecule has 2 rings (SSSR count). The third kappa shape index (κ3) is 3.83. The summed E-state index contributed by atoms with van der Waals surface area (Å²) in [6.07, 6.45) is 0. The van der Waals surface area contributed by atoms with E-state index in [4.69, 9.17) is 0 Å². The molecule has 2 nitrogen and oxygen atoms in total. The minimum Gasteiger partial charge on any atom is -0.377 e. The number of hydrogen-bond acceptors (Lipinski definition) is 3. The summed E-state index contributed by atoms with van der Waals surface area (Å²) in [7, 11) is 0. The second-order valence-corrected chi connectivity index (χ2v) is 8.09. The first-order chi connectivity index (χ1) is 9.68. The van der Waals surface area contributed by atoms with Crippen molar-refractivity contribution in [3.63, 3.8) is 0 Å². The van der Waals surface area contributed by atoms with Crippen molar-refractivity contribution < 1.29 is 4.39 Å². The van der Waals surface area contributed by atoms with Gasteiger partial charge in [-0.15, -0.1) is 11.3 Å². The number of aryl methyl sites for hydroxylation is 1. The fraction of sp³-hybridized carbons (Fsp3) is 0.438. The third-order valence-corrected chi connectivity index (χ3v) is 5.59. The zero-order chi connectivity index (χ0) is 15.8. The molecule has 1 unspecified atom stereocenters. The summed E-state index contributed by atoms with van der Waals surface area (Å²) in [5.41, 5.74) is 2.00. The van der Waals surface area contributed by atoms with Crippen LogP contribution in [-0.2, 0) is 5.41 Å². The number of hydrogen-bond donors (Lipinski definition) is 1. The van der Waals surface area contributed by atoms with Crippen molar-refractivity contribution in [2.45, 2.75) is 46.1 Å². The number of thiazole rings is 1. The van der Waals surface area contributed by atoms with E-state index >= 15 is 0 Å². The number of rotatable bonds is 3. The van der Waals surface area contributed by atoms with E-state index in [-0.39, 0.29) is 17.3 Å². The molecule has 1 aromatic carbocycles. The van der Waals surface area contributed by atoms with Crippen molar-refractivity contribution in [3.05, 3.63) is 44.1 Å². The standard InChI is InChI=1S/C16H20BrFN2S/c1-9(19-13-7-6-11(18)8-12(13)17)14-10(2)20-15(21-14)16(3,4)5/h6-9,19H,1-5H3. The SMILES string of the molecule is Cc1nc(C(C)(C)C)sc1C(C)Nc1ccc(F)cc1Br. The van der Waals surface area contributed by atoms with Gasteiger partial charge in [-0.2, -0.15) is 0 Å². The number of benzene rings is 1. The summed E-state index contributed by atoms with van der Waals surface area (Å²) >= 11 is 5.13. The molecule has 0 saturated carbocycles. The van der Waals surface area contributed by atoms with Crippen molar-refractivity contribution in [2.75, 3.05) is 5.32 Å². The predicted molar refractivity (Wildman–Crippen MR) is 91.7 cm³/mol. The zero-order valence-corrected chi connectivity index (χ0v) is 15.3. The minimum atomic E-state index is -0.246. The van der Waals surface area contributed by atoms with E-state index in [0.717, 1.165) is 20.9 Å². The highest BCUT2D eigenvalue weighted by Crippen LogP contribution is 2.35. The average molecular weight is 371 g/mol. The monoisotopic (exact) mass is 370 g/mol. The Morgan fingerprint density at radius 1 is 1.33 bits per heavy atom. The normalized spacial score (nSPS) is 13.3. The molecule has 21 heavy (non-hydrogen) atoms. The molecular formula is C16H20BrFN2S. The molecule has 1 aromatic heterocycles. The van der Waals surface area contributed by atoms with Crippen LogP contribution in [0.3, 0.4) is 0 Å². The summed E-state index contributed by atoms with van der Waals surface area (Å²) in [6, 6.07) is 4.80. The number of anilines is 1. The predicted octanol–water partition coefficient (Wildman–Crippen LogP) is 5.82. The lowest BCUT2D eigenvalue weighted by molar-refractivity contribution is 0.584. The van der Waals surface area contributed by atoms with Crippen molar-refractivity contribution >= 4 is 33.0 Å². The molecule has 5 heteroatoms. The maximum absolute atomic E-state index is 13.1. The lowest BCUT2D eigenvalue weighted by atomic mass is 9.98. The molecule has 2 aromatic rings. The maximum atomic E-state index is 13.1. The molecule has 114 valence electrons. The highest BCUT2D eigenvalue weighted by atomic mass is 79.9. The lowest BCUT2D eigenvalue weighted by Gasteiger charge is -2.16. The van der Waals surface area contributed by atoms with Gasteiger partial charge >= 0.3 is 0 Å². The van der Waals surface area contributed by atoms with E-state index in [0.29, 0.717) is 0 Å². The van der Waals surface area contributed by atoms with Gasteiger partial charge in [-0.25, -0.2) is 9.37 Å². The fourth-order valence-corrected chi connectivity index (χ4v) is 3.63. The van der Waals surface area contributed by atoms with Gasteiger partial charge in [0.2, 0.25) is 0 Å². The Morgan fingerprint density at radius 3 is 2.52 bits per heavy atom. The molecule has 0 spiro atoms. The molecule has 0 aliphatic heterocycles. The maximum Gasteiger partial charge on any atom is 0.124 e. The molecule has 0 bridgehead atoms. The summed E-state index contributed by atoms with van der Waals surface area (Å²) < 4.78 is 13.9. The Hall–Kier alpha value is -0.940. The largest absolute Gasteiger partial charge is 0.377 e.